The first-order valence-corrected chi connectivity index (χ1v) is 12.7. The second-order valence-electron chi connectivity index (χ2n) is 7.01. The maximum Gasteiger partial charge on any atom is 0.260 e. The van der Waals surface area contributed by atoms with E-state index in [-0.39, 0.29) is 16.7 Å². The molecule has 0 bridgehead atoms. The number of H-pyrrole nitrogens is 1. The zero-order valence-electron chi connectivity index (χ0n) is 16.9. The molecular weight excluding hydrogens is 470 g/mol. The summed E-state index contributed by atoms with van der Waals surface area (Å²) >= 11 is 10.7. The molecule has 3 aromatic heterocycles. The number of halogens is 1. The fraction of sp³-hybridized carbons (Fsp3) is 0.227. The highest BCUT2D eigenvalue weighted by molar-refractivity contribution is 7.99. The van der Waals surface area contributed by atoms with Gasteiger partial charge < -0.3 is 10.3 Å². The number of fused-ring (bicyclic) bond motifs is 1. The summed E-state index contributed by atoms with van der Waals surface area (Å²) in [5.74, 6) is 0.931. The first-order chi connectivity index (χ1) is 14.9. The first-order valence-electron chi connectivity index (χ1n) is 9.62. The van der Waals surface area contributed by atoms with Crippen molar-refractivity contribution in [3.05, 3.63) is 73.4 Å². The molecule has 0 unspecified atom stereocenters. The minimum absolute atomic E-state index is 0.0835. The van der Waals surface area contributed by atoms with Crippen molar-refractivity contribution in [3.8, 4) is 10.4 Å². The minimum atomic E-state index is -0.295. The van der Waals surface area contributed by atoms with E-state index in [1.807, 2.05) is 49.6 Å². The van der Waals surface area contributed by atoms with Gasteiger partial charge in [0, 0.05) is 32.3 Å². The van der Waals surface area contributed by atoms with Crippen molar-refractivity contribution < 1.29 is 4.79 Å². The predicted octanol–water partition coefficient (Wildman–Crippen LogP) is 5.61. The van der Waals surface area contributed by atoms with Gasteiger partial charge in [0.15, 0.2) is 0 Å². The molecule has 0 spiro atoms. The minimum Gasteiger partial charge on any atom is -0.351 e. The van der Waals surface area contributed by atoms with Gasteiger partial charge in [-0.25, -0.2) is 4.98 Å². The molecule has 1 aromatic carbocycles. The van der Waals surface area contributed by atoms with Gasteiger partial charge in [-0.05, 0) is 37.6 Å². The fourth-order valence-electron chi connectivity index (χ4n) is 3.07. The third kappa shape index (κ3) is 5.03. The Bertz CT molecular complexity index is 1290. The molecular formula is C22H20ClN3O2S3. The average molecular weight is 490 g/mol. The SMILES string of the molecule is Cc1ccc(-c2csc3nc(CS[C@H](C)C(=O)NCc4ccccc4Cl)[nH]c(=O)c23)s1. The number of hydrogen-bond donors (Lipinski definition) is 2. The molecule has 0 saturated heterocycles. The number of carbonyl (C=O) groups excluding carboxylic acids is 1. The predicted molar refractivity (Wildman–Crippen MR) is 132 cm³/mol. The molecule has 4 aromatic rings. The van der Waals surface area contributed by atoms with Crippen LogP contribution in [-0.4, -0.2) is 21.1 Å². The lowest BCUT2D eigenvalue weighted by molar-refractivity contribution is -0.120. The summed E-state index contributed by atoms with van der Waals surface area (Å²) in [6.07, 6.45) is 0. The highest BCUT2D eigenvalue weighted by atomic mass is 35.5. The van der Waals surface area contributed by atoms with Gasteiger partial charge in [-0.15, -0.1) is 34.4 Å². The van der Waals surface area contributed by atoms with Crippen molar-refractivity contribution in [2.45, 2.75) is 31.4 Å². The lowest BCUT2D eigenvalue weighted by Gasteiger charge is -2.12. The van der Waals surface area contributed by atoms with Crippen LogP contribution in [0.1, 0.15) is 23.2 Å². The van der Waals surface area contributed by atoms with Crippen LogP contribution in [0.5, 0.6) is 0 Å². The molecule has 1 amide bonds. The molecule has 1 atom stereocenters. The molecule has 9 heteroatoms. The second-order valence-corrected chi connectivity index (χ2v) is 10.9. The topological polar surface area (TPSA) is 74.8 Å². The number of nitrogens with zero attached hydrogens (tertiary/aromatic N) is 1. The molecule has 2 N–H and O–H groups in total. The lowest BCUT2D eigenvalue weighted by atomic mass is 10.2. The summed E-state index contributed by atoms with van der Waals surface area (Å²) in [4.78, 5) is 35.7. The molecule has 0 fully saturated rings. The van der Waals surface area contributed by atoms with Crippen LogP contribution in [0.2, 0.25) is 5.02 Å². The molecule has 160 valence electrons. The van der Waals surface area contributed by atoms with Crippen LogP contribution in [0.3, 0.4) is 0 Å². The van der Waals surface area contributed by atoms with Crippen LogP contribution in [-0.2, 0) is 17.1 Å². The number of amides is 1. The summed E-state index contributed by atoms with van der Waals surface area (Å²) in [5, 5.41) is 5.86. The number of thiophene rings is 2. The number of aromatic nitrogens is 2. The quantitative estimate of drug-likeness (QED) is 0.353. The van der Waals surface area contributed by atoms with E-state index >= 15 is 0 Å². The molecule has 31 heavy (non-hydrogen) atoms. The maximum atomic E-state index is 12.7. The largest absolute Gasteiger partial charge is 0.351 e. The molecule has 4 rings (SSSR count). The van der Waals surface area contributed by atoms with Crippen molar-refractivity contribution >= 4 is 62.2 Å². The number of nitrogens with one attached hydrogen (secondary N) is 2. The Kier molecular flexibility index (Phi) is 6.81. The molecule has 0 radical (unpaired) electrons. The highest BCUT2D eigenvalue weighted by Gasteiger charge is 2.17. The average Bonchev–Trinajstić information content (AvgIpc) is 3.37. The number of carbonyl (C=O) groups is 1. The Morgan fingerprint density at radius 3 is 2.84 bits per heavy atom. The van der Waals surface area contributed by atoms with Gasteiger partial charge in [0.1, 0.15) is 10.7 Å². The van der Waals surface area contributed by atoms with Gasteiger partial charge in [0.25, 0.3) is 5.56 Å². The van der Waals surface area contributed by atoms with E-state index in [9.17, 15) is 9.59 Å². The van der Waals surface area contributed by atoms with Gasteiger partial charge in [-0.3, -0.25) is 9.59 Å². The van der Waals surface area contributed by atoms with Crippen LogP contribution in [0, 0.1) is 6.92 Å². The van der Waals surface area contributed by atoms with Gasteiger partial charge in [0.05, 0.1) is 16.4 Å². The van der Waals surface area contributed by atoms with Crippen LogP contribution in [0.15, 0.2) is 46.6 Å². The maximum absolute atomic E-state index is 12.7. The van der Waals surface area contributed by atoms with E-state index in [1.54, 1.807) is 17.4 Å². The molecule has 5 nitrogen and oxygen atoms in total. The second kappa shape index (κ2) is 9.56. The Morgan fingerprint density at radius 1 is 1.29 bits per heavy atom. The van der Waals surface area contributed by atoms with Crippen molar-refractivity contribution in [1.82, 2.24) is 15.3 Å². The van der Waals surface area contributed by atoms with Gasteiger partial charge in [-0.2, -0.15) is 0 Å². The van der Waals surface area contributed by atoms with Crippen LogP contribution in [0.4, 0.5) is 0 Å². The Labute approximate surface area is 196 Å². The van der Waals surface area contributed by atoms with Crippen LogP contribution in [0.25, 0.3) is 20.7 Å². The number of hydrogen-bond acceptors (Lipinski definition) is 6. The van der Waals surface area contributed by atoms with E-state index in [0.717, 1.165) is 20.8 Å². The smallest absolute Gasteiger partial charge is 0.260 e. The third-order valence-electron chi connectivity index (χ3n) is 4.75. The Morgan fingerprint density at radius 2 is 2.10 bits per heavy atom. The molecule has 0 aliphatic rings. The number of aryl methyl sites for hydroxylation is 1. The van der Waals surface area contributed by atoms with Crippen molar-refractivity contribution in [2.75, 3.05) is 0 Å². The highest BCUT2D eigenvalue weighted by Crippen LogP contribution is 2.35. The van der Waals surface area contributed by atoms with Gasteiger partial charge >= 0.3 is 0 Å². The summed E-state index contributed by atoms with van der Waals surface area (Å²) in [7, 11) is 0. The molecule has 0 aliphatic carbocycles. The van der Waals surface area contributed by atoms with E-state index in [0.29, 0.717) is 28.5 Å². The molecule has 0 aliphatic heterocycles. The number of benzene rings is 1. The van der Waals surface area contributed by atoms with Crippen LogP contribution < -0.4 is 10.9 Å². The van der Waals surface area contributed by atoms with E-state index < -0.39 is 0 Å². The van der Waals surface area contributed by atoms with E-state index in [4.69, 9.17) is 11.6 Å². The van der Waals surface area contributed by atoms with Crippen LogP contribution >= 0.6 is 46.0 Å². The van der Waals surface area contributed by atoms with E-state index in [1.165, 1.54) is 28.0 Å². The summed E-state index contributed by atoms with van der Waals surface area (Å²) in [6.45, 7) is 4.27. The van der Waals surface area contributed by atoms with Crippen molar-refractivity contribution in [3.63, 3.8) is 0 Å². The van der Waals surface area contributed by atoms with Crippen molar-refractivity contribution in [1.29, 1.82) is 0 Å². The zero-order chi connectivity index (χ0) is 22.0. The Hall–Kier alpha value is -2.13. The molecule has 3 heterocycles. The monoisotopic (exact) mass is 489 g/mol. The number of thioether (sulfide) groups is 1. The van der Waals surface area contributed by atoms with Gasteiger partial charge in [-0.1, -0.05) is 29.8 Å². The number of aromatic amines is 1. The standard InChI is InChI=1S/C22H20ClN3O2S3/c1-12-7-8-17(31-12)15-10-30-22-19(15)21(28)25-18(26-22)11-29-13(2)20(27)24-9-14-5-3-4-6-16(14)23/h3-8,10,13H,9,11H2,1-2H3,(H,24,27)(H,25,26,28)/t13-/m1/s1. The summed E-state index contributed by atoms with van der Waals surface area (Å²) < 4.78 is 0. The first kappa shape index (κ1) is 22.1. The summed E-state index contributed by atoms with van der Waals surface area (Å²) in [5.41, 5.74) is 1.66. The van der Waals surface area contributed by atoms with Crippen molar-refractivity contribution in [2.24, 2.45) is 0 Å². The fourth-order valence-corrected chi connectivity index (χ4v) is 5.97. The summed E-state index contributed by atoms with van der Waals surface area (Å²) in [6, 6.07) is 11.5. The normalized spacial score (nSPS) is 12.2. The third-order valence-corrected chi connectivity index (χ3v) is 8.18. The molecule has 0 saturated carbocycles. The lowest BCUT2D eigenvalue weighted by Crippen LogP contribution is -2.30. The zero-order valence-corrected chi connectivity index (χ0v) is 20.1. The Balaban J connectivity index is 1.41. The number of rotatable bonds is 7. The van der Waals surface area contributed by atoms with E-state index in [2.05, 4.69) is 15.3 Å². The van der Waals surface area contributed by atoms with Gasteiger partial charge in [0.2, 0.25) is 5.91 Å².